The number of sulfonamides is 1. The molecule has 5 nitrogen and oxygen atoms in total. The Balaban J connectivity index is 3.31. The van der Waals surface area contributed by atoms with E-state index in [1.54, 1.807) is 6.92 Å². The van der Waals surface area contributed by atoms with E-state index in [9.17, 15) is 17.6 Å². The van der Waals surface area contributed by atoms with Crippen LogP contribution in [0, 0.1) is 25.1 Å². The van der Waals surface area contributed by atoms with Gasteiger partial charge >= 0.3 is 5.97 Å². The summed E-state index contributed by atoms with van der Waals surface area (Å²) in [4.78, 5) is 10.5. The second-order valence-electron chi connectivity index (χ2n) is 4.32. The van der Waals surface area contributed by atoms with Crippen molar-refractivity contribution >= 4 is 16.0 Å². The van der Waals surface area contributed by atoms with Crippen molar-refractivity contribution in [3.8, 4) is 12.3 Å². The van der Waals surface area contributed by atoms with Crippen molar-refractivity contribution in [2.75, 3.05) is 0 Å². The molecule has 1 unspecified atom stereocenters. The van der Waals surface area contributed by atoms with Gasteiger partial charge < -0.3 is 5.11 Å². The predicted octanol–water partition coefficient (Wildman–Crippen LogP) is 1.52. The first-order valence-electron chi connectivity index (χ1n) is 5.68. The first-order valence-corrected chi connectivity index (χ1v) is 7.16. The molecule has 1 rings (SSSR count). The number of carboxylic acid groups (broad SMARTS) is 1. The number of hydrogen-bond donors (Lipinski definition) is 2. The monoisotopic (exact) mass is 299 g/mol. The van der Waals surface area contributed by atoms with E-state index in [-0.39, 0.29) is 12.0 Å². The number of aromatic carboxylic acids is 1. The molecular weight excluding hydrogens is 285 g/mol. The van der Waals surface area contributed by atoms with Gasteiger partial charge in [0.2, 0.25) is 10.0 Å². The molecule has 7 heteroatoms. The lowest BCUT2D eigenvalue weighted by molar-refractivity contribution is 0.0696. The minimum atomic E-state index is -4.04. The zero-order valence-corrected chi connectivity index (χ0v) is 11.8. The lowest BCUT2D eigenvalue weighted by Gasteiger charge is -2.14. The third kappa shape index (κ3) is 3.56. The Morgan fingerprint density at radius 1 is 1.55 bits per heavy atom. The van der Waals surface area contributed by atoms with Crippen LogP contribution in [0.4, 0.5) is 4.39 Å². The highest BCUT2D eigenvalue weighted by Crippen LogP contribution is 2.21. The molecule has 0 fully saturated rings. The Hall–Kier alpha value is -1.91. The molecule has 108 valence electrons. The van der Waals surface area contributed by atoms with E-state index >= 15 is 0 Å². The van der Waals surface area contributed by atoms with Gasteiger partial charge in [-0.25, -0.2) is 22.3 Å². The van der Waals surface area contributed by atoms with Crippen molar-refractivity contribution < 1.29 is 22.7 Å². The molecule has 0 heterocycles. The lowest BCUT2D eigenvalue weighted by atomic mass is 10.1. The number of hydrogen-bond acceptors (Lipinski definition) is 3. The van der Waals surface area contributed by atoms with Crippen molar-refractivity contribution in [2.24, 2.45) is 0 Å². The van der Waals surface area contributed by atoms with Gasteiger partial charge in [-0.1, -0.05) is 0 Å². The highest BCUT2D eigenvalue weighted by atomic mass is 32.2. The van der Waals surface area contributed by atoms with E-state index in [0.29, 0.717) is 0 Å². The Morgan fingerprint density at radius 2 is 2.15 bits per heavy atom. The van der Waals surface area contributed by atoms with E-state index in [0.717, 1.165) is 12.1 Å². The SMILES string of the molecule is C#CCC(C)NS(=O)(=O)c1cc(C(=O)O)cc(F)c1C. The largest absolute Gasteiger partial charge is 0.478 e. The third-order valence-electron chi connectivity index (χ3n) is 2.61. The minimum absolute atomic E-state index is 0.143. The molecule has 0 aliphatic carbocycles. The normalized spacial score (nSPS) is 12.7. The summed E-state index contributed by atoms with van der Waals surface area (Å²) in [5.41, 5.74) is -0.575. The van der Waals surface area contributed by atoms with Crippen LogP contribution in [0.25, 0.3) is 0 Å². The average molecular weight is 299 g/mol. The molecule has 1 aromatic carbocycles. The summed E-state index contributed by atoms with van der Waals surface area (Å²) < 4.78 is 40.2. The fraction of sp³-hybridized carbons (Fsp3) is 0.308. The summed E-state index contributed by atoms with van der Waals surface area (Å²) in [7, 11) is -4.04. The van der Waals surface area contributed by atoms with E-state index in [1.807, 2.05) is 0 Å². The Kier molecular flexibility index (Phi) is 4.87. The number of terminal acetylenes is 1. The average Bonchev–Trinajstić information content (AvgIpc) is 2.31. The molecule has 1 aromatic rings. The van der Waals surface area contributed by atoms with E-state index in [2.05, 4.69) is 10.6 Å². The van der Waals surface area contributed by atoms with Crippen LogP contribution >= 0.6 is 0 Å². The molecule has 2 N–H and O–H groups in total. The molecule has 0 aliphatic heterocycles. The zero-order chi connectivity index (χ0) is 15.5. The van der Waals surface area contributed by atoms with Crippen molar-refractivity contribution in [1.82, 2.24) is 4.72 Å². The van der Waals surface area contributed by atoms with Gasteiger partial charge in [0.1, 0.15) is 5.82 Å². The van der Waals surface area contributed by atoms with E-state index in [1.165, 1.54) is 6.92 Å². The first-order chi connectivity index (χ1) is 9.19. The van der Waals surface area contributed by atoms with Gasteiger partial charge in [0.25, 0.3) is 0 Å². The molecule has 0 aromatic heterocycles. The number of carbonyl (C=O) groups is 1. The van der Waals surface area contributed by atoms with Crippen LogP contribution < -0.4 is 4.72 Å². The zero-order valence-electron chi connectivity index (χ0n) is 11.0. The second kappa shape index (κ2) is 6.03. The maximum Gasteiger partial charge on any atom is 0.335 e. The number of nitrogens with one attached hydrogen (secondary N) is 1. The fourth-order valence-corrected chi connectivity index (χ4v) is 3.13. The third-order valence-corrected chi connectivity index (χ3v) is 4.33. The summed E-state index contributed by atoms with van der Waals surface area (Å²) >= 11 is 0. The first kappa shape index (κ1) is 16.1. The van der Waals surface area contributed by atoms with Crippen molar-refractivity contribution in [3.05, 3.63) is 29.1 Å². The van der Waals surface area contributed by atoms with E-state index < -0.39 is 38.3 Å². The fourth-order valence-electron chi connectivity index (χ4n) is 1.60. The van der Waals surface area contributed by atoms with Crippen molar-refractivity contribution in [2.45, 2.75) is 31.2 Å². The predicted molar refractivity (Wildman–Crippen MR) is 71.3 cm³/mol. The number of carboxylic acids is 1. The van der Waals surface area contributed by atoms with Crippen LogP contribution in [0.2, 0.25) is 0 Å². The van der Waals surface area contributed by atoms with Gasteiger partial charge in [-0.15, -0.1) is 12.3 Å². The molecule has 20 heavy (non-hydrogen) atoms. The Labute approximate surface area is 116 Å². The molecule has 0 radical (unpaired) electrons. The number of rotatable bonds is 5. The van der Waals surface area contributed by atoms with Crippen LogP contribution in [-0.2, 0) is 10.0 Å². The summed E-state index contributed by atoms with van der Waals surface area (Å²) in [6.45, 7) is 2.82. The highest BCUT2D eigenvalue weighted by molar-refractivity contribution is 7.89. The standard InChI is InChI=1S/C13H14FNO4S/c1-4-5-8(2)15-20(18,19)12-7-10(13(16)17)6-11(14)9(12)3/h1,6-8,15H,5H2,2-3H3,(H,16,17). The van der Waals surface area contributed by atoms with Gasteiger partial charge in [-0.05, 0) is 26.0 Å². The molecule has 0 saturated carbocycles. The number of benzene rings is 1. The number of halogens is 1. The van der Waals surface area contributed by atoms with Gasteiger partial charge in [0.15, 0.2) is 0 Å². The smallest absolute Gasteiger partial charge is 0.335 e. The van der Waals surface area contributed by atoms with E-state index in [4.69, 9.17) is 11.5 Å². The van der Waals surface area contributed by atoms with Crippen LogP contribution in [0.1, 0.15) is 29.3 Å². The van der Waals surface area contributed by atoms with Crippen LogP contribution in [0.3, 0.4) is 0 Å². The summed E-state index contributed by atoms with van der Waals surface area (Å²) in [5, 5.41) is 8.85. The highest BCUT2D eigenvalue weighted by Gasteiger charge is 2.23. The van der Waals surface area contributed by atoms with Crippen molar-refractivity contribution in [3.63, 3.8) is 0 Å². The molecule has 0 spiro atoms. The second-order valence-corrected chi connectivity index (χ2v) is 6.00. The quantitative estimate of drug-likeness (QED) is 0.808. The van der Waals surface area contributed by atoms with Gasteiger partial charge in [-0.3, -0.25) is 0 Å². The topological polar surface area (TPSA) is 83.5 Å². The minimum Gasteiger partial charge on any atom is -0.478 e. The summed E-state index contributed by atoms with van der Waals surface area (Å²) in [6, 6.07) is 1.16. The molecule has 1 atom stereocenters. The molecule has 0 aliphatic rings. The van der Waals surface area contributed by atoms with Gasteiger partial charge in [0.05, 0.1) is 10.5 Å². The molecule has 0 saturated heterocycles. The van der Waals surface area contributed by atoms with Crippen LogP contribution in [0.5, 0.6) is 0 Å². The van der Waals surface area contributed by atoms with Gasteiger partial charge in [-0.2, -0.15) is 0 Å². The molecular formula is C13H14FNO4S. The maximum absolute atomic E-state index is 13.6. The van der Waals surface area contributed by atoms with Crippen LogP contribution in [-0.4, -0.2) is 25.5 Å². The van der Waals surface area contributed by atoms with Crippen molar-refractivity contribution in [1.29, 1.82) is 0 Å². The lowest BCUT2D eigenvalue weighted by Crippen LogP contribution is -2.33. The van der Waals surface area contributed by atoms with Crippen LogP contribution in [0.15, 0.2) is 17.0 Å². The summed E-state index contributed by atoms with van der Waals surface area (Å²) in [5.74, 6) is 0.00282. The molecule has 0 bridgehead atoms. The van der Waals surface area contributed by atoms with Gasteiger partial charge in [0, 0.05) is 18.0 Å². The Bertz CT molecular complexity index is 676. The summed E-state index contributed by atoms with van der Waals surface area (Å²) in [6.07, 6.45) is 5.25. The molecule has 0 amide bonds. The Morgan fingerprint density at radius 3 is 2.65 bits per heavy atom. The maximum atomic E-state index is 13.6.